The van der Waals surface area contributed by atoms with E-state index in [2.05, 4.69) is 34.8 Å². The van der Waals surface area contributed by atoms with E-state index in [0.29, 0.717) is 17.9 Å². The molecule has 1 heterocycles. The highest BCUT2D eigenvalue weighted by Crippen LogP contribution is 2.23. The Balaban J connectivity index is 1.77. The van der Waals surface area contributed by atoms with Crippen molar-refractivity contribution in [3.63, 3.8) is 0 Å². The van der Waals surface area contributed by atoms with E-state index < -0.39 is 10.0 Å². The Morgan fingerprint density at radius 2 is 1.75 bits per heavy atom. The maximum absolute atomic E-state index is 12.4. The maximum Gasteiger partial charge on any atom is 0.240 e. The molecule has 2 aromatic carbocycles. The van der Waals surface area contributed by atoms with Gasteiger partial charge in [0, 0.05) is 23.1 Å². The molecule has 24 heavy (non-hydrogen) atoms. The number of benzene rings is 2. The fraction of sp³-hybridized carbons (Fsp3) is 0.263. The lowest BCUT2D eigenvalue weighted by Crippen LogP contribution is -2.26. The SMILES string of the molecule is Cc1cccc(S(=O)(=O)NCCc2c(C)[nH]c3ccc(C)cc23)c1. The van der Waals surface area contributed by atoms with E-state index in [4.69, 9.17) is 0 Å². The quantitative estimate of drug-likeness (QED) is 0.744. The molecule has 2 N–H and O–H groups in total. The van der Waals surface area contributed by atoms with Crippen molar-refractivity contribution in [2.45, 2.75) is 32.1 Å². The van der Waals surface area contributed by atoms with Gasteiger partial charge in [0.05, 0.1) is 4.90 Å². The molecule has 4 nitrogen and oxygen atoms in total. The third-order valence-electron chi connectivity index (χ3n) is 4.24. The predicted octanol–water partition coefficient (Wildman–Crippen LogP) is 3.61. The number of rotatable bonds is 5. The van der Waals surface area contributed by atoms with Crippen molar-refractivity contribution in [3.8, 4) is 0 Å². The van der Waals surface area contributed by atoms with E-state index in [1.54, 1.807) is 18.2 Å². The first-order chi connectivity index (χ1) is 11.4. The summed E-state index contributed by atoms with van der Waals surface area (Å²) in [7, 11) is -3.47. The number of aryl methyl sites for hydroxylation is 3. The number of hydrogen-bond donors (Lipinski definition) is 2. The van der Waals surface area contributed by atoms with Crippen molar-refractivity contribution in [1.82, 2.24) is 9.71 Å². The van der Waals surface area contributed by atoms with E-state index in [9.17, 15) is 8.42 Å². The summed E-state index contributed by atoms with van der Waals surface area (Å²) in [5.41, 5.74) is 5.48. The van der Waals surface area contributed by atoms with Crippen LogP contribution >= 0.6 is 0 Å². The van der Waals surface area contributed by atoms with E-state index in [0.717, 1.165) is 16.8 Å². The van der Waals surface area contributed by atoms with Gasteiger partial charge in [0.25, 0.3) is 0 Å². The highest BCUT2D eigenvalue weighted by Gasteiger charge is 2.14. The normalized spacial score (nSPS) is 12.0. The molecule has 0 bridgehead atoms. The molecule has 0 aliphatic heterocycles. The van der Waals surface area contributed by atoms with Gasteiger partial charge in [-0.25, -0.2) is 13.1 Å². The summed E-state index contributed by atoms with van der Waals surface area (Å²) in [6.45, 7) is 6.35. The Labute approximate surface area is 143 Å². The largest absolute Gasteiger partial charge is 0.358 e. The molecule has 3 aromatic rings. The Morgan fingerprint density at radius 1 is 1.00 bits per heavy atom. The van der Waals surface area contributed by atoms with E-state index in [1.807, 2.05) is 19.9 Å². The number of nitrogens with one attached hydrogen (secondary N) is 2. The van der Waals surface area contributed by atoms with E-state index >= 15 is 0 Å². The molecule has 0 amide bonds. The van der Waals surface area contributed by atoms with Gasteiger partial charge in [-0.15, -0.1) is 0 Å². The number of fused-ring (bicyclic) bond motifs is 1. The van der Waals surface area contributed by atoms with Crippen LogP contribution in [-0.2, 0) is 16.4 Å². The molecule has 0 saturated heterocycles. The molecular weight excluding hydrogens is 320 g/mol. The lowest BCUT2D eigenvalue weighted by molar-refractivity contribution is 0.581. The van der Waals surface area contributed by atoms with Crippen molar-refractivity contribution in [2.24, 2.45) is 0 Å². The molecule has 0 fully saturated rings. The van der Waals surface area contributed by atoms with Crippen LogP contribution in [0.2, 0.25) is 0 Å². The first-order valence-electron chi connectivity index (χ1n) is 8.01. The van der Waals surface area contributed by atoms with Gasteiger partial charge in [-0.1, -0.05) is 23.8 Å². The lowest BCUT2D eigenvalue weighted by Gasteiger charge is -2.08. The number of H-pyrrole nitrogens is 1. The summed E-state index contributed by atoms with van der Waals surface area (Å²) in [5, 5.41) is 1.17. The minimum Gasteiger partial charge on any atom is -0.358 e. The molecular formula is C19H22N2O2S. The van der Waals surface area contributed by atoms with Crippen molar-refractivity contribution >= 4 is 20.9 Å². The van der Waals surface area contributed by atoms with Crippen LogP contribution in [0.4, 0.5) is 0 Å². The summed E-state index contributed by atoms with van der Waals surface area (Å²) in [6, 6.07) is 13.2. The maximum atomic E-state index is 12.4. The Kier molecular flexibility index (Phi) is 4.47. The van der Waals surface area contributed by atoms with Gasteiger partial charge >= 0.3 is 0 Å². The van der Waals surface area contributed by atoms with Gasteiger partial charge in [-0.05, 0) is 62.6 Å². The average Bonchev–Trinajstić information content (AvgIpc) is 2.83. The second-order valence-electron chi connectivity index (χ2n) is 6.24. The third kappa shape index (κ3) is 3.37. The standard InChI is InChI=1S/C19H22N2O2S/c1-13-5-4-6-16(11-13)24(22,23)20-10-9-17-15(3)21-19-8-7-14(2)12-18(17)19/h4-8,11-12,20-21H,9-10H2,1-3H3. The molecule has 5 heteroatoms. The number of aromatic nitrogens is 1. The molecule has 0 spiro atoms. The first kappa shape index (κ1) is 16.7. The van der Waals surface area contributed by atoms with Crippen LogP contribution in [0, 0.1) is 20.8 Å². The number of hydrogen-bond acceptors (Lipinski definition) is 2. The molecule has 0 atom stereocenters. The first-order valence-corrected chi connectivity index (χ1v) is 9.49. The highest BCUT2D eigenvalue weighted by atomic mass is 32.2. The highest BCUT2D eigenvalue weighted by molar-refractivity contribution is 7.89. The molecule has 0 unspecified atom stereocenters. The van der Waals surface area contributed by atoms with Crippen LogP contribution in [-0.4, -0.2) is 19.9 Å². The fourth-order valence-corrected chi connectivity index (χ4v) is 4.13. The van der Waals surface area contributed by atoms with Crippen molar-refractivity contribution in [3.05, 3.63) is 64.8 Å². The van der Waals surface area contributed by atoms with Gasteiger partial charge < -0.3 is 4.98 Å². The van der Waals surface area contributed by atoms with E-state index in [-0.39, 0.29) is 0 Å². The zero-order chi connectivity index (χ0) is 17.3. The molecule has 0 radical (unpaired) electrons. The average molecular weight is 342 g/mol. The Morgan fingerprint density at radius 3 is 2.50 bits per heavy atom. The molecule has 1 aromatic heterocycles. The minimum absolute atomic E-state index is 0.314. The molecule has 0 aliphatic rings. The second kappa shape index (κ2) is 6.42. The van der Waals surface area contributed by atoms with Crippen molar-refractivity contribution < 1.29 is 8.42 Å². The topological polar surface area (TPSA) is 62.0 Å². The minimum atomic E-state index is -3.47. The van der Waals surface area contributed by atoms with Gasteiger partial charge in [0.2, 0.25) is 10.0 Å². The van der Waals surface area contributed by atoms with Crippen LogP contribution < -0.4 is 4.72 Å². The summed E-state index contributed by atoms with van der Waals surface area (Å²) in [4.78, 5) is 3.68. The van der Waals surface area contributed by atoms with Crippen LogP contribution in [0.25, 0.3) is 10.9 Å². The molecule has 0 saturated carbocycles. The van der Waals surface area contributed by atoms with Crippen LogP contribution in [0.15, 0.2) is 47.4 Å². The predicted molar refractivity (Wildman–Crippen MR) is 97.8 cm³/mol. The monoisotopic (exact) mass is 342 g/mol. The smallest absolute Gasteiger partial charge is 0.240 e. The zero-order valence-electron chi connectivity index (χ0n) is 14.2. The third-order valence-corrected chi connectivity index (χ3v) is 5.70. The zero-order valence-corrected chi connectivity index (χ0v) is 15.0. The molecule has 3 rings (SSSR count). The number of sulfonamides is 1. The fourth-order valence-electron chi connectivity index (χ4n) is 2.99. The summed E-state index contributed by atoms with van der Waals surface area (Å²) in [5.74, 6) is 0. The molecule has 0 aliphatic carbocycles. The van der Waals surface area contributed by atoms with Gasteiger partial charge in [-0.3, -0.25) is 0 Å². The van der Waals surface area contributed by atoms with Crippen LogP contribution in [0.1, 0.15) is 22.4 Å². The Hall–Kier alpha value is -2.11. The van der Waals surface area contributed by atoms with Gasteiger partial charge in [0.15, 0.2) is 0 Å². The summed E-state index contributed by atoms with van der Waals surface area (Å²) in [6.07, 6.45) is 0.653. The number of aromatic amines is 1. The summed E-state index contributed by atoms with van der Waals surface area (Å²) < 4.78 is 27.5. The van der Waals surface area contributed by atoms with Crippen LogP contribution in [0.5, 0.6) is 0 Å². The van der Waals surface area contributed by atoms with Crippen molar-refractivity contribution in [1.29, 1.82) is 0 Å². The summed E-state index contributed by atoms with van der Waals surface area (Å²) >= 11 is 0. The van der Waals surface area contributed by atoms with Gasteiger partial charge in [-0.2, -0.15) is 0 Å². The van der Waals surface area contributed by atoms with Gasteiger partial charge in [0.1, 0.15) is 0 Å². The second-order valence-corrected chi connectivity index (χ2v) is 8.01. The molecule has 126 valence electrons. The lowest BCUT2D eigenvalue weighted by atomic mass is 10.1. The van der Waals surface area contributed by atoms with E-state index in [1.165, 1.54) is 16.5 Å². The van der Waals surface area contributed by atoms with Crippen LogP contribution in [0.3, 0.4) is 0 Å². The Bertz CT molecular complexity index is 988. The van der Waals surface area contributed by atoms with Crippen molar-refractivity contribution in [2.75, 3.05) is 6.54 Å².